The molecule has 5 rings (SSSR count). The van der Waals surface area contributed by atoms with Crippen LogP contribution in [0.2, 0.25) is 5.02 Å². The van der Waals surface area contributed by atoms with Crippen molar-refractivity contribution in [3.8, 4) is 16.9 Å². The molecule has 1 aliphatic rings. The molecule has 0 aliphatic carbocycles. The van der Waals surface area contributed by atoms with Gasteiger partial charge in [-0.3, -0.25) is 4.79 Å². The zero-order valence-corrected chi connectivity index (χ0v) is 26.0. The highest BCUT2D eigenvalue weighted by molar-refractivity contribution is 6.33. The van der Waals surface area contributed by atoms with Crippen molar-refractivity contribution in [1.82, 2.24) is 29.4 Å². The number of carbonyl (C=O) groups is 1. The van der Waals surface area contributed by atoms with Crippen LogP contribution in [-0.4, -0.2) is 60.5 Å². The topological polar surface area (TPSA) is 97.1 Å². The largest absolute Gasteiger partial charge is 0.355 e. The van der Waals surface area contributed by atoms with Gasteiger partial charge in [0.15, 0.2) is 5.65 Å². The van der Waals surface area contributed by atoms with Gasteiger partial charge < -0.3 is 9.80 Å². The number of benzene rings is 1. The Kier molecular flexibility index (Phi) is 8.34. The van der Waals surface area contributed by atoms with Crippen molar-refractivity contribution >= 4 is 34.4 Å². The van der Waals surface area contributed by atoms with Gasteiger partial charge >= 0.3 is 5.69 Å². The van der Waals surface area contributed by atoms with Crippen molar-refractivity contribution in [2.75, 3.05) is 18.0 Å². The third-order valence-electron chi connectivity index (χ3n) is 7.86. The molecule has 43 heavy (non-hydrogen) atoms. The van der Waals surface area contributed by atoms with Crippen molar-refractivity contribution in [2.45, 2.75) is 66.0 Å². The molecule has 1 aliphatic heterocycles. The van der Waals surface area contributed by atoms with Crippen LogP contribution in [0.15, 0.2) is 47.8 Å². The van der Waals surface area contributed by atoms with Crippen molar-refractivity contribution in [2.24, 2.45) is 0 Å². The lowest BCUT2D eigenvalue weighted by atomic mass is 10.1. The third-order valence-corrected chi connectivity index (χ3v) is 8.15. The molecule has 4 heterocycles. The van der Waals surface area contributed by atoms with Gasteiger partial charge in [-0.1, -0.05) is 51.1 Å². The van der Waals surface area contributed by atoms with E-state index < -0.39 is 11.5 Å². The van der Waals surface area contributed by atoms with Crippen LogP contribution in [0.3, 0.4) is 0 Å². The molecule has 11 heteroatoms. The van der Waals surface area contributed by atoms with Gasteiger partial charge in [0.1, 0.15) is 17.5 Å². The van der Waals surface area contributed by atoms with Crippen LogP contribution in [0.5, 0.6) is 0 Å². The summed E-state index contributed by atoms with van der Waals surface area (Å²) >= 11 is 6.81. The molecule has 0 radical (unpaired) electrons. The molecule has 0 spiro atoms. The lowest BCUT2D eigenvalue weighted by Gasteiger charge is -2.44. The van der Waals surface area contributed by atoms with Crippen LogP contribution < -0.4 is 10.6 Å². The number of rotatable bonds is 6. The molecular formula is C32H35ClFN7O2. The molecule has 2 unspecified atom stereocenters. The molecule has 3 aromatic heterocycles. The zero-order valence-electron chi connectivity index (χ0n) is 25.2. The number of nitrogens with zero attached hydrogens (tertiary/aromatic N) is 7. The van der Waals surface area contributed by atoms with E-state index in [4.69, 9.17) is 21.6 Å². The fraction of sp³-hybridized carbons (Fsp3) is 0.375. The summed E-state index contributed by atoms with van der Waals surface area (Å²) in [5, 5.41) is 0.728. The lowest BCUT2D eigenvalue weighted by Crippen LogP contribution is -2.58. The normalized spacial score (nSPS) is 17.1. The lowest BCUT2D eigenvalue weighted by molar-refractivity contribution is -0.128. The minimum Gasteiger partial charge on any atom is -0.349 e. The number of halogens is 2. The van der Waals surface area contributed by atoms with Crippen LogP contribution in [0.4, 0.5) is 10.2 Å². The van der Waals surface area contributed by atoms with E-state index in [0.717, 1.165) is 0 Å². The van der Waals surface area contributed by atoms with E-state index in [1.165, 1.54) is 16.7 Å². The maximum atomic E-state index is 15.0. The first kappa shape index (κ1) is 30.3. The molecule has 1 fully saturated rings. The maximum Gasteiger partial charge on any atom is 0.355 e. The number of hydrogen-bond donors (Lipinski definition) is 0. The van der Waals surface area contributed by atoms with Crippen molar-refractivity contribution in [3.63, 3.8) is 0 Å². The first-order chi connectivity index (χ1) is 20.5. The van der Waals surface area contributed by atoms with E-state index in [0.29, 0.717) is 53.6 Å². The molecule has 1 saturated heterocycles. The molecule has 9 nitrogen and oxygen atoms in total. The Bertz CT molecular complexity index is 1810. The number of fused-ring (bicyclic) bond motifs is 1. The van der Waals surface area contributed by atoms with Crippen LogP contribution >= 0.6 is 11.6 Å². The second kappa shape index (κ2) is 11.8. The zero-order chi connectivity index (χ0) is 31.2. The summed E-state index contributed by atoms with van der Waals surface area (Å²) in [5.41, 5.74) is 1.90. The Morgan fingerprint density at radius 1 is 1.14 bits per heavy atom. The standard InChI is InChI=1S/C32H35ClFN7O2/c1-8-25-35-20(7)29(27(36-25)17(3)4)41-31-22(14-23(33)28(37-31)21-12-10-11-13-24(21)34)30(38-32(41)43)40-16-18(5)39(15-19(40)6)26(42)9-2/h9-14,17-19H,2,8,15-16H2,1,3-7H3. The Morgan fingerprint density at radius 2 is 1.86 bits per heavy atom. The predicted molar refractivity (Wildman–Crippen MR) is 168 cm³/mol. The number of carbonyl (C=O) groups excluding carboxylic acids is 1. The van der Waals surface area contributed by atoms with Gasteiger partial charge in [-0.2, -0.15) is 4.98 Å². The number of hydrogen-bond acceptors (Lipinski definition) is 7. The molecular weight excluding hydrogens is 569 g/mol. The highest BCUT2D eigenvalue weighted by atomic mass is 35.5. The number of amides is 1. The molecule has 0 N–H and O–H groups in total. The molecule has 0 bridgehead atoms. The summed E-state index contributed by atoms with van der Waals surface area (Å²) in [6, 6.07) is 7.57. The summed E-state index contributed by atoms with van der Waals surface area (Å²) in [5.74, 6) is 0.381. The monoisotopic (exact) mass is 603 g/mol. The first-order valence-corrected chi connectivity index (χ1v) is 14.8. The average molecular weight is 604 g/mol. The van der Waals surface area contributed by atoms with E-state index in [1.807, 2.05) is 46.4 Å². The molecule has 1 amide bonds. The summed E-state index contributed by atoms with van der Waals surface area (Å²) in [4.78, 5) is 49.3. The fourth-order valence-corrected chi connectivity index (χ4v) is 5.95. The minimum atomic E-state index is -0.570. The van der Waals surface area contributed by atoms with Crippen molar-refractivity contribution in [3.05, 3.63) is 81.5 Å². The Morgan fingerprint density at radius 3 is 2.51 bits per heavy atom. The van der Waals surface area contributed by atoms with E-state index >= 15 is 4.39 Å². The summed E-state index contributed by atoms with van der Waals surface area (Å²) < 4.78 is 16.5. The average Bonchev–Trinajstić information content (AvgIpc) is 2.97. The summed E-state index contributed by atoms with van der Waals surface area (Å²) in [6.45, 7) is 16.2. The number of anilines is 1. The quantitative estimate of drug-likeness (QED) is 0.263. The van der Waals surface area contributed by atoms with Gasteiger partial charge in [-0.25, -0.2) is 28.7 Å². The maximum absolute atomic E-state index is 15.0. The van der Waals surface area contributed by atoms with Gasteiger partial charge in [0, 0.05) is 37.2 Å². The highest BCUT2D eigenvalue weighted by Crippen LogP contribution is 2.36. The molecule has 0 saturated carbocycles. The highest BCUT2D eigenvalue weighted by Gasteiger charge is 2.34. The number of aromatic nitrogens is 5. The SMILES string of the molecule is C=CC(=O)N1CC(C)N(c2nc(=O)n(-c3c(C)nc(CC)nc3C(C)C)c3nc(-c4ccccc4F)c(Cl)cc23)CC1C. The molecule has 224 valence electrons. The van der Waals surface area contributed by atoms with Crippen molar-refractivity contribution in [1.29, 1.82) is 0 Å². The first-order valence-electron chi connectivity index (χ1n) is 14.4. The minimum absolute atomic E-state index is 0.0432. The van der Waals surface area contributed by atoms with Crippen molar-refractivity contribution < 1.29 is 9.18 Å². The fourth-order valence-electron chi connectivity index (χ4n) is 5.70. The number of aryl methyl sites for hydroxylation is 2. The van der Waals surface area contributed by atoms with Gasteiger partial charge in [0.05, 0.1) is 33.2 Å². The molecule has 4 aromatic rings. The Labute approximate surface area is 255 Å². The third kappa shape index (κ3) is 5.40. The predicted octanol–water partition coefficient (Wildman–Crippen LogP) is 5.64. The number of pyridine rings is 1. The van der Waals surface area contributed by atoms with Crippen LogP contribution in [0.25, 0.3) is 28.0 Å². The van der Waals surface area contributed by atoms with Crippen LogP contribution in [0, 0.1) is 12.7 Å². The van der Waals surface area contributed by atoms with E-state index in [1.54, 1.807) is 29.2 Å². The van der Waals surface area contributed by atoms with E-state index in [-0.39, 0.29) is 45.8 Å². The van der Waals surface area contributed by atoms with Crippen LogP contribution in [-0.2, 0) is 11.2 Å². The second-order valence-corrected chi connectivity index (χ2v) is 11.6. The van der Waals surface area contributed by atoms with Gasteiger partial charge in [-0.15, -0.1) is 0 Å². The van der Waals surface area contributed by atoms with Gasteiger partial charge in [0.25, 0.3) is 0 Å². The van der Waals surface area contributed by atoms with Gasteiger partial charge in [0.2, 0.25) is 5.91 Å². The number of piperazine rings is 1. The Hall–Kier alpha value is -4.18. The molecule has 1 aromatic carbocycles. The van der Waals surface area contributed by atoms with E-state index in [2.05, 4.69) is 16.5 Å². The van der Waals surface area contributed by atoms with E-state index in [9.17, 15) is 9.59 Å². The second-order valence-electron chi connectivity index (χ2n) is 11.2. The summed E-state index contributed by atoms with van der Waals surface area (Å²) in [6.07, 6.45) is 1.94. The van der Waals surface area contributed by atoms with Gasteiger partial charge in [-0.05, 0) is 51.0 Å². The molecule has 2 atom stereocenters. The smallest absolute Gasteiger partial charge is 0.349 e. The summed E-state index contributed by atoms with van der Waals surface area (Å²) in [7, 11) is 0. The Balaban J connectivity index is 1.84. The van der Waals surface area contributed by atoms with Crippen LogP contribution in [0.1, 0.15) is 57.7 Å².